The first-order valence-corrected chi connectivity index (χ1v) is 17.8. The van der Waals surface area contributed by atoms with Gasteiger partial charge in [-0.3, -0.25) is 4.98 Å². The second kappa shape index (κ2) is 13.1. The number of para-hydroxylation sites is 1. The second-order valence-corrected chi connectivity index (χ2v) is 14.2. The molecule has 4 aromatic heterocycles. The van der Waals surface area contributed by atoms with Crippen LogP contribution >= 0.6 is 0 Å². The van der Waals surface area contributed by atoms with Crippen LogP contribution in [0, 0.1) is 13.8 Å². The first kappa shape index (κ1) is 32.3. The molecule has 0 spiro atoms. The zero-order valence-electron chi connectivity index (χ0n) is 30.0. The quantitative estimate of drug-likeness (QED) is 0.170. The Morgan fingerprint density at radius 2 is 1.22 bits per heavy atom. The first-order chi connectivity index (χ1) is 24.7. The minimum absolute atomic E-state index is 0.337. The average Bonchev–Trinajstić information content (AvgIpc) is 3.54. The number of aromatic nitrogens is 3. The summed E-state index contributed by atoms with van der Waals surface area (Å²) in [6.45, 7) is 13.2. The SMILES string of the molecule is Cc1cc(-c2cc(-c3cccc(-c4cc(C(C)C)ccn4)c3)cc3c2oc2ccccc23)nc(-c2cc(C(C)C)cc(-c3ccccc3)n2)c1C. The molecule has 0 saturated heterocycles. The monoisotopic (exact) mass is 663 g/mol. The van der Waals surface area contributed by atoms with Gasteiger partial charge in [0.05, 0.1) is 28.5 Å². The van der Waals surface area contributed by atoms with E-state index in [0.717, 1.165) is 89.4 Å². The van der Waals surface area contributed by atoms with Crippen molar-refractivity contribution in [1.82, 2.24) is 15.0 Å². The molecule has 0 fully saturated rings. The summed E-state index contributed by atoms with van der Waals surface area (Å²) in [5.74, 6) is 0.766. The fraction of sp³-hybridized carbons (Fsp3) is 0.170. The van der Waals surface area contributed by atoms with Crippen LogP contribution < -0.4 is 0 Å². The Bertz CT molecular complexity index is 2560. The minimum Gasteiger partial charge on any atom is -0.455 e. The molecule has 0 atom stereocenters. The molecule has 4 heteroatoms. The first-order valence-electron chi connectivity index (χ1n) is 17.8. The summed E-state index contributed by atoms with van der Waals surface area (Å²) >= 11 is 0. The number of aryl methyl sites for hydroxylation is 1. The van der Waals surface area contributed by atoms with E-state index in [9.17, 15) is 0 Å². The average molecular weight is 664 g/mol. The maximum atomic E-state index is 6.64. The molecule has 0 aliphatic carbocycles. The van der Waals surface area contributed by atoms with Crippen LogP contribution in [-0.4, -0.2) is 15.0 Å². The van der Waals surface area contributed by atoms with Gasteiger partial charge in [0, 0.05) is 33.7 Å². The van der Waals surface area contributed by atoms with E-state index in [1.165, 1.54) is 11.1 Å². The molecule has 250 valence electrons. The van der Waals surface area contributed by atoms with E-state index in [1.54, 1.807) is 0 Å². The van der Waals surface area contributed by atoms with Crippen molar-refractivity contribution in [1.29, 1.82) is 0 Å². The van der Waals surface area contributed by atoms with Crippen molar-refractivity contribution < 1.29 is 4.42 Å². The van der Waals surface area contributed by atoms with Gasteiger partial charge in [-0.15, -0.1) is 0 Å². The molecule has 0 amide bonds. The lowest BCUT2D eigenvalue weighted by Gasteiger charge is -2.16. The van der Waals surface area contributed by atoms with Crippen molar-refractivity contribution >= 4 is 21.9 Å². The number of hydrogen-bond donors (Lipinski definition) is 0. The molecule has 0 N–H and O–H groups in total. The third-order valence-corrected chi connectivity index (χ3v) is 10.1. The lowest BCUT2D eigenvalue weighted by Crippen LogP contribution is -2.00. The highest BCUT2D eigenvalue weighted by atomic mass is 16.3. The zero-order chi connectivity index (χ0) is 35.2. The number of hydrogen-bond acceptors (Lipinski definition) is 4. The van der Waals surface area contributed by atoms with Gasteiger partial charge >= 0.3 is 0 Å². The normalized spacial score (nSPS) is 11.7. The summed E-state index contributed by atoms with van der Waals surface area (Å²) in [6, 6.07) is 42.7. The van der Waals surface area contributed by atoms with Crippen molar-refractivity contribution in [2.45, 2.75) is 53.4 Å². The van der Waals surface area contributed by atoms with Crippen LogP contribution in [0.25, 0.3) is 78.2 Å². The third-order valence-electron chi connectivity index (χ3n) is 10.1. The molecular formula is C47H41N3O. The molecular weight excluding hydrogens is 623 g/mol. The van der Waals surface area contributed by atoms with Crippen molar-refractivity contribution in [2.75, 3.05) is 0 Å². The van der Waals surface area contributed by atoms with Crippen LogP contribution in [0.1, 0.15) is 61.8 Å². The van der Waals surface area contributed by atoms with E-state index in [-0.39, 0.29) is 0 Å². The van der Waals surface area contributed by atoms with E-state index >= 15 is 0 Å². The van der Waals surface area contributed by atoms with Crippen molar-refractivity contribution in [2.24, 2.45) is 0 Å². The van der Waals surface area contributed by atoms with Crippen LogP contribution in [-0.2, 0) is 0 Å². The van der Waals surface area contributed by atoms with Gasteiger partial charge in [0.15, 0.2) is 0 Å². The fourth-order valence-electron chi connectivity index (χ4n) is 6.89. The maximum Gasteiger partial charge on any atom is 0.144 e. The van der Waals surface area contributed by atoms with Crippen LogP contribution in [0.15, 0.2) is 132 Å². The summed E-state index contributed by atoms with van der Waals surface area (Å²) < 4.78 is 6.64. The maximum absolute atomic E-state index is 6.64. The van der Waals surface area contributed by atoms with E-state index in [2.05, 4.69) is 145 Å². The molecule has 8 aromatic rings. The summed E-state index contributed by atoms with van der Waals surface area (Å²) in [6.07, 6.45) is 1.91. The van der Waals surface area contributed by atoms with Crippen LogP contribution in [0.5, 0.6) is 0 Å². The number of furan rings is 1. The number of nitrogens with zero attached hydrogens (tertiary/aromatic N) is 3. The number of pyridine rings is 3. The van der Waals surface area contributed by atoms with E-state index in [1.807, 2.05) is 24.4 Å². The molecule has 0 aliphatic heterocycles. The predicted molar refractivity (Wildman–Crippen MR) is 212 cm³/mol. The van der Waals surface area contributed by atoms with Gasteiger partial charge in [0.25, 0.3) is 0 Å². The molecule has 0 aliphatic rings. The van der Waals surface area contributed by atoms with E-state index in [4.69, 9.17) is 19.4 Å². The van der Waals surface area contributed by atoms with Crippen LogP contribution in [0.2, 0.25) is 0 Å². The minimum atomic E-state index is 0.337. The Balaban J connectivity index is 1.33. The van der Waals surface area contributed by atoms with Gasteiger partial charge in [0.1, 0.15) is 11.2 Å². The molecule has 4 aromatic carbocycles. The fourth-order valence-corrected chi connectivity index (χ4v) is 6.89. The molecule has 0 bridgehead atoms. The van der Waals surface area contributed by atoms with Gasteiger partial charge in [-0.2, -0.15) is 0 Å². The summed E-state index contributed by atoms with van der Waals surface area (Å²) in [5, 5.41) is 2.15. The smallest absolute Gasteiger partial charge is 0.144 e. The van der Waals surface area contributed by atoms with Gasteiger partial charge in [0.2, 0.25) is 0 Å². The highest BCUT2D eigenvalue weighted by Crippen LogP contribution is 2.41. The molecule has 0 unspecified atom stereocenters. The van der Waals surface area contributed by atoms with Crippen molar-refractivity contribution in [3.05, 3.63) is 150 Å². The number of fused-ring (bicyclic) bond motifs is 3. The Labute approximate surface area is 299 Å². The highest BCUT2D eigenvalue weighted by Gasteiger charge is 2.20. The highest BCUT2D eigenvalue weighted by molar-refractivity contribution is 6.11. The van der Waals surface area contributed by atoms with Crippen LogP contribution in [0.4, 0.5) is 0 Å². The van der Waals surface area contributed by atoms with Crippen molar-refractivity contribution in [3.8, 4) is 56.3 Å². The summed E-state index contributed by atoms with van der Waals surface area (Å²) in [4.78, 5) is 15.4. The van der Waals surface area contributed by atoms with Gasteiger partial charge < -0.3 is 4.42 Å². The Hall–Kier alpha value is -5.87. The van der Waals surface area contributed by atoms with Crippen molar-refractivity contribution in [3.63, 3.8) is 0 Å². The summed E-state index contributed by atoms with van der Waals surface area (Å²) in [5.41, 5.74) is 16.4. The Morgan fingerprint density at radius 1 is 0.510 bits per heavy atom. The lowest BCUT2D eigenvalue weighted by atomic mass is 9.94. The topological polar surface area (TPSA) is 51.8 Å². The Kier molecular flexibility index (Phi) is 8.31. The molecule has 4 heterocycles. The van der Waals surface area contributed by atoms with E-state index < -0.39 is 0 Å². The molecule has 51 heavy (non-hydrogen) atoms. The zero-order valence-corrected chi connectivity index (χ0v) is 30.0. The molecule has 0 radical (unpaired) electrons. The Morgan fingerprint density at radius 3 is 2.02 bits per heavy atom. The molecule has 8 rings (SSSR count). The third kappa shape index (κ3) is 6.12. The number of benzene rings is 4. The molecule has 4 nitrogen and oxygen atoms in total. The van der Waals surface area contributed by atoms with Gasteiger partial charge in [-0.1, -0.05) is 94.4 Å². The number of rotatable bonds is 7. The van der Waals surface area contributed by atoms with Crippen LogP contribution in [0.3, 0.4) is 0 Å². The second-order valence-electron chi connectivity index (χ2n) is 14.2. The molecule has 0 saturated carbocycles. The summed E-state index contributed by atoms with van der Waals surface area (Å²) in [7, 11) is 0. The van der Waals surface area contributed by atoms with Gasteiger partial charge in [-0.25, -0.2) is 9.97 Å². The van der Waals surface area contributed by atoms with E-state index in [0.29, 0.717) is 11.8 Å². The predicted octanol–water partition coefficient (Wildman–Crippen LogP) is 13.0. The standard InChI is InChI=1S/C47H41N3O/c1-28(2)33-19-20-48-41(25-33)35-16-12-15-34(22-35)37-23-39-38-17-10-11-18-45(38)51-47(39)40(24-37)43-21-30(5)31(6)46(50-43)44-27-36(29(3)4)26-42(49-44)32-13-8-7-9-14-32/h7-29H,1-6H3. The largest absolute Gasteiger partial charge is 0.455 e. The van der Waals surface area contributed by atoms with Gasteiger partial charge in [-0.05, 0) is 114 Å². The lowest BCUT2D eigenvalue weighted by molar-refractivity contribution is 0.670.